The van der Waals surface area contributed by atoms with Crippen molar-refractivity contribution >= 4 is 38.8 Å². The molecule has 1 aromatic heterocycles. The predicted molar refractivity (Wildman–Crippen MR) is 121 cm³/mol. The molecule has 164 valence electrons. The smallest absolute Gasteiger partial charge is 0.410 e. The number of nitrogens with one attached hydrogen (secondary N) is 1. The van der Waals surface area contributed by atoms with Crippen LogP contribution in [0.25, 0.3) is 0 Å². The van der Waals surface area contributed by atoms with Gasteiger partial charge >= 0.3 is 6.09 Å². The summed E-state index contributed by atoms with van der Waals surface area (Å²) >= 11 is 1.47. The SMILES string of the molecule is Cc1cc(S(=O)(=O)Nc2ccccc2N2CCN(C(=O)OC(C)(C)C)CC2)c(C)s1. The van der Waals surface area contributed by atoms with Crippen molar-refractivity contribution in [1.82, 2.24) is 4.90 Å². The molecule has 1 N–H and O–H groups in total. The first-order valence-electron chi connectivity index (χ1n) is 9.88. The van der Waals surface area contributed by atoms with Crippen LogP contribution in [0.3, 0.4) is 0 Å². The Morgan fingerprint density at radius 2 is 1.73 bits per heavy atom. The second-order valence-electron chi connectivity index (χ2n) is 8.35. The number of sulfonamides is 1. The monoisotopic (exact) mass is 451 g/mol. The molecule has 0 atom stereocenters. The highest BCUT2D eigenvalue weighted by Gasteiger charge is 2.27. The number of hydrogen-bond acceptors (Lipinski definition) is 6. The molecule has 0 bridgehead atoms. The molecule has 0 saturated carbocycles. The van der Waals surface area contributed by atoms with Gasteiger partial charge in [-0.3, -0.25) is 4.72 Å². The fourth-order valence-electron chi connectivity index (χ4n) is 3.37. The number of amides is 1. The number of carbonyl (C=O) groups excluding carboxylic acids is 1. The zero-order valence-corrected chi connectivity index (χ0v) is 19.7. The number of anilines is 2. The third-order valence-corrected chi connectivity index (χ3v) is 7.29. The molecule has 30 heavy (non-hydrogen) atoms. The number of benzene rings is 1. The molecule has 1 aliphatic heterocycles. The van der Waals surface area contributed by atoms with Gasteiger partial charge in [0.15, 0.2) is 0 Å². The van der Waals surface area contributed by atoms with E-state index in [2.05, 4.69) is 9.62 Å². The van der Waals surface area contributed by atoms with Crippen LogP contribution in [0.4, 0.5) is 16.2 Å². The molecule has 3 rings (SSSR count). The standard InChI is InChI=1S/C21H29N3O4S2/c1-15-14-19(16(2)29-15)30(26,27)22-17-8-6-7-9-18(17)23-10-12-24(13-11-23)20(25)28-21(3,4)5/h6-9,14,22H,10-13H2,1-5H3. The van der Waals surface area contributed by atoms with Gasteiger partial charge in [0, 0.05) is 35.9 Å². The molecule has 1 amide bonds. The predicted octanol–water partition coefficient (Wildman–Crippen LogP) is 4.22. The summed E-state index contributed by atoms with van der Waals surface area (Å²) in [6.45, 7) is 11.5. The van der Waals surface area contributed by atoms with Gasteiger partial charge in [0.05, 0.1) is 11.4 Å². The summed E-state index contributed by atoms with van der Waals surface area (Å²) in [5, 5.41) is 0. The number of ether oxygens (including phenoxy) is 1. The van der Waals surface area contributed by atoms with Crippen molar-refractivity contribution < 1.29 is 17.9 Å². The maximum atomic E-state index is 13.0. The average molecular weight is 452 g/mol. The highest BCUT2D eigenvalue weighted by atomic mass is 32.2. The molecule has 0 aliphatic carbocycles. The summed E-state index contributed by atoms with van der Waals surface area (Å²) in [5.74, 6) is 0. The summed E-state index contributed by atoms with van der Waals surface area (Å²) in [6, 6.07) is 9.05. The van der Waals surface area contributed by atoms with Gasteiger partial charge in [-0.1, -0.05) is 12.1 Å². The van der Waals surface area contributed by atoms with Crippen molar-refractivity contribution in [2.75, 3.05) is 35.8 Å². The molecule has 0 radical (unpaired) electrons. The molecular formula is C21H29N3O4S2. The van der Waals surface area contributed by atoms with Crippen LogP contribution in [-0.4, -0.2) is 51.2 Å². The van der Waals surface area contributed by atoms with Crippen molar-refractivity contribution in [3.63, 3.8) is 0 Å². The second kappa shape index (κ2) is 8.47. The van der Waals surface area contributed by atoms with Gasteiger partial charge in [0.1, 0.15) is 10.5 Å². The summed E-state index contributed by atoms with van der Waals surface area (Å²) < 4.78 is 34.1. The number of carbonyl (C=O) groups is 1. The van der Waals surface area contributed by atoms with E-state index in [9.17, 15) is 13.2 Å². The van der Waals surface area contributed by atoms with Gasteiger partial charge in [-0.2, -0.15) is 0 Å². The summed E-state index contributed by atoms with van der Waals surface area (Å²) in [6.07, 6.45) is -0.320. The minimum atomic E-state index is -3.68. The number of para-hydroxylation sites is 2. The lowest BCUT2D eigenvalue weighted by Crippen LogP contribution is -2.50. The third-order valence-electron chi connectivity index (χ3n) is 4.71. The Kier molecular flexibility index (Phi) is 6.33. The van der Waals surface area contributed by atoms with Crippen LogP contribution in [-0.2, 0) is 14.8 Å². The minimum Gasteiger partial charge on any atom is -0.444 e. The number of rotatable bonds is 4. The minimum absolute atomic E-state index is 0.314. The first-order chi connectivity index (χ1) is 14.0. The topological polar surface area (TPSA) is 79.0 Å². The average Bonchev–Trinajstić information content (AvgIpc) is 3.00. The molecule has 7 nitrogen and oxygen atoms in total. The molecule has 1 aromatic carbocycles. The summed E-state index contributed by atoms with van der Waals surface area (Å²) in [5.41, 5.74) is 0.804. The Hall–Kier alpha value is -2.26. The highest BCUT2D eigenvalue weighted by molar-refractivity contribution is 7.93. The van der Waals surface area contributed by atoms with Crippen molar-refractivity contribution in [3.8, 4) is 0 Å². The molecule has 1 fully saturated rings. The van der Waals surface area contributed by atoms with Crippen LogP contribution in [0.5, 0.6) is 0 Å². The number of thiophene rings is 1. The Balaban J connectivity index is 1.74. The first-order valence-corrected chi connectivity index (χ1v) is 12.2. The number of aryl methyl sites for hydroxylation is 2. The number of nitrogens with zero attached hydrogens (tertiary/aromatic N) is 2. The van der Waals surface area contributed by atoms with Crippen molar-refractivity contribution in [3.05, 3.63) is 40.1 Å². The quantitative estimate of drug-likeness (QED) is 0.753. The third kappa shape index (κ3) is 5.26. The molecule has 2 heterocycles. The zero-order chi connectivity index (χ0) is 22.1. The molecular weight excluding hydrogens is 422 g/mol. The largest absolute Gasteiger partial charge is 0.444 e. The maximum absolute atomic E-state index is 13.0. The molecule has 0 unspecified atom stereocenters. The fraction of sp³-hybridized carbons (Fsp3) is 0.476. The molecule has 1 saturated heterocycles. The van der Waals surface area contributed by atoms with Crippen LogP contribution in [0.1, 0.15) is 30.5 Å². The Bertz CT molecular complexity index is 1020. The van der Waals surface area contributed by atoms with E-state index in [1.165, 1.54) is 11.3 Å². The van der Waals surface area contributed by atoms with Crippen LogP contribution < -0.4 is 9.62 Å². The first kappa shape index (κ1) is 22.4. The van der Waals surface area contributed by atoms with E-state index in [-0.39, 0.29) is 6.09 Å². The van der Waals surface area contributed by atoms with Crippen molar-refractivity contribution in [1.29, 1.82) is 0 Å². The highest BCUT2D eigenvalue weighted by Crippen LogP contribution is 2.31. The van der Waals surface area contributed by atoms with Gasteiger partial charge in [0.25, 0.3) is 10.0 Å². The van der Waals surface area contributed by atoms with E-state index in [0.717, 1.165) is 15.4 Å². The van der Waals surface area contributed by atoms with Gasteiger partial charge < -0.3 is 14.5 Å². The Morgan fingerprint density at radius 1 is 1.10 bits per heavy atom. The van der Waals surface area contributed by atoms with Crippen molar-refractivity contribution in [2.24, 2.45) is 0 Å². The second-order valence-corrected chi connectivity index (χ2v) is 11.5. The number of hydrogen-bond donors (Lipinski definition) is 1. The van der Waals surface area contributed by atoms with E-state index in [4.69, 9.17) is 4.74 Å². The van der Waals surface area contributed by atoms with E-state index in [1.807, 2.05) is 52.8 Å². The maximum Gasteiger partial charge on any atom is 0.410 e. The summed E-state index contributed by atoms with van der Waals surface area (Å²) in [4.78, 5) is 18.1. The van der Waals surface area contributed by atoms with Gasteiger partial charge in [-0.05, 0) is 52.8 Å². The normalized spacial score (nSPS) is 15.2. The zero-order valence-electron chi connectivity index (χ0n) is 18.1. The fourth-order valence-corrected chi connectivity index (χ4v) is 6.00. The lowest BCUT2D eigenvalue weighted by Gasteiger charge is -2.37. The van der Waals surface area contributed by atoms with Crippen molar-refractivity contribution in [2.45, 2.75) is 45.1 Å². The van der Waals surface area contributed by atoms with Gasteiger partial charge in [0.2, 0.25) is 0 Å². The van der Waals surface area contributed by atoms with Crippen LogP contribution in [0.15, 0.2) is 35.2 Å². The lowest BCUT2D eigenvalue weighted by atomic mass is 10.2. The summed E-state index contributed by atoms with van der Waals surface area (Å²) in [7, 11) is -3.68. The lowest BCUT2D eigenvalue weighted by molar-refractivity contribution is 0.0240. The Morgan fingerprint density at radius 3 is 2.30 bits per heavy atom. The Labute approximate surface area is 182 Å². The van der Waals surface area contributed by atoms with Gasteiger partial charge in [-0.25, -0.2) is 13.2 Å². The molecule has 2 aromatic rings. The number of piperazine rings is 1. The van der Waals surface area contributed by atoms with Gasteiger partial charge in [-0.15, -0.1) is 11.3 Å². The van der Waals surface area contributed by atoms with E-state index in [0.29, 0.717) is 36.8 Å². The van der Waals surface area contributed by atoms with Crippen LogP contribution >= 0.6 is 11.3 Å². The van der Waals surface area contributed by atoms with E-state index < -0.39 is 15.6 Å². The van der Waals surface area contributed by atoms with E-state index in [1.54, 1.807) is 17.0 Å². The molecule has 9 heteroatoms. The molecule has 1 aliphatic rings. The van der Waals surface area contributed by atoms with E-state index >= 15 is 0 Å². The van der Waals surface area contributed by atoms with Crippen LogP contribution in [0.2, 0.25) is 0 Å². The van der Waals surface area contributed by atoms with Crippen LogP contribution in [0, 0.1) is 13.8 Å². The molecule has 0 spiro atoms.